The van der Waals surface area contributed by atoms with Crippen LogP contribution in [-0.4, -0.2) is 34.8 Å². The van der Waals surface area contributed by atoms with E-state index in [4.69, 9.17) is 9.47 Å². The highest BCUT2D eigenvalue weighted by Gasteiger charge is 2.79. The summed E-state index contributed by atoms with van der Waals surface area (Å²) in [6, 6.07) is 6.79. The molecule has 0 aromatic heterocycles. The standard InChI is InChI=1S/C26H34O3S2/c1-16(27)29-26-11-10-25(15-22(26)23-30-12-13-31-23)21-7-4-17-14-18(28-3)5-6-19(17)20(21)8-9-24(25,26)2/h5-6,14,20-23H,4,7-13,15H2,1-3H3/t20-,21-,22-,24+,25+,26+/m1/s1. The van der Waals surface area contributed by atoms with Crippen LogP contribution in [0, 0.1) is 22.7 Å². The maximum atomic E-state index is 12.4. The van der Waals surface area contributed by atoms with Gasteiger partial charge in [0.2, 0.25) is 0 Å². The van der Waals surface area contributed by atoms with Crippen molar-refractivity contribution < 1.29 is 14.3 Å². The summed E-state index contributed by atoms with van der Waals surface area (Å²) in [4.78, 5) is 12.4. The number of thioether (sulfide) groups is 2. The predicted octanol–water partition coefficient (Wildman–Crippen LogP) is 6.05. The second-order valence-electron chi connectivity index (χ2n) is 10.7. The van der Waals surface area contributed by atoms with Crippen LogP contribution in [0.2, 0.25) is 0 Å². The van der Waals surface area contributed by atoms with Crippen LogP contribution in [0.3, 0.4) is 0 Å². The van der Waals surface area contributed by atoms with E-state index in [0.29, 0.717) is 27.8 Å². The number of ether oxygens (including phenoxy) is 2. The Balaban J connectivity index is 1.43. The largest absolute Gasteiger partial charge is 0.497 e. The first-order valence-corrected chi connectivity index (χ1v) is 14.1. The molecule has 1 heterocycles. The number of benzene rings is 1. The lowest BCUT2D eigenvalue weighted by molar-refractivity contribution is -0.180. The summed E-state index contributed by atoms with van der Waals surface area (Å²) in [7, 11) is 1.77. The summed E-state index contributed by atoms with van der Waals surface area (Å²) >= 11 is 4.25. The molecular formula is C26H34O3S2. The van der Waals surface area contributed by atoms with Crippen molar-refractivity contribution in [2.24, 2.45) is 22.7 Å². The third-order valence-electron chi connectivity index (χ3n) is 10.1. The third-order valence-corrected chi connectivity index (χ3v) is 13.4. The van der Waals surface area contributed by atoms with Crippen molar-refractivity contribution in [2.75, 3.05) is 18.6 Å². The van der Waals surface area contributed by atoms with E-state index in [9.17, 15) is 4.79 Å². The molecule has 0 unspecified atom stereocenters. The first kappa shape index (κ1) is 20.8. The smallest absolute Gasteiger partial charge is 0.303 e. The Morgan fingerprint density at radius 1 is 1.10 bits per heavy atom. The molecule has 0 N–H and O–H groups in total. The third kappa shape index (κ3) is 2.60. The Labute approximate surface area is 194 Å². The van der Waals surface area contributed by atoms with Crippen molar-refractivity contribution in [3.8, 4) is 5.75 Å². The molecule has 6 atom stereocenters. The van der Waals surface area contributed by atoms with Crippen LogP contribution in [0.25, 0.3) is 0 Å². The molecule has 0 spiro atoms. The minimum Gasteiger partial charge on any atom is -0.497 e. The Morgan fingerprint density at radius 2 is 1.90 bits per heavy atom. The van der Waals surface area contributed by atoms with Gasteiger partial charge < -0.3 is 9.47 Å². The predicted molar refractivity (Wildman–Crippen MR) is 128 cm³/mol. The Bertz CT molecular complexity index is 912. The average Bonchev–Trinajstić information content (AvgIpc) is 3.43. The van der Waals surface area contributed by atoms with Gasteiger partial charge in [0.05, 0.1) is 11.7 Å². The first-order chi connectivity index (χ1) is 14.9. The number of hydrogen-bond donors (Lipinski definition) is 0. The Kier molecular flexibility index (Phi) is 4.75. The number of aryl methyl sites for hydroxylation is 1. The van der Waals surface area contributed by atoms with E-state index in [0.717, 1.165) is 18.6 Å². The molecule has 31 heavy (non-hydrogen) atoms. The number of carbonyl (C=O) groups excluding carboxylic acids is 1. The monoisotopic (exact) mass is 458 g/mol. The van der Waals surface area contributed by atoms with E-state index in [1.165, 1.54) is 49.2 Å². The second kappa shape index (κ2) is 7.09. The van der Waals surface area contributed by atoms with Crippen molar-refractivity contribution in [1.29, 1.82) is 0 Å². The van der Waals surface area contributed by atoms with Crippen LogP contribution < -0.4 is 4.74 Å². The van der Waals surface area contributed by atoms with Gasteiger partial charge in [-0.2, -0.15) is 0 Å². The Morgan fingerprint density at radius 3 is 2.65 bits per heavy atom. The zero-order valence-electron chi connectivity index (χ0n) is 18.9. The summed E-state index contributed by atoms with van der Waals surface area (Å²) < 4.78 is 12.6. The fourth-order valence-corrected chi connectivity index (χ4v) is 12.3. The topological polar surface area (TPSA) is 35.5 Å². The van der Waals surface area contributed by atoms with Crippen molar-refractivity contribution in [3.63, 3.8) is 0 Å². The van der Waals surface area contributed by atoms with Gasteiger partial charge in [0.1, 0.15) is 11.4 Å². The van der Waals surface area contributed by atoms with E-state index >= 15 is 0 Å². The van der Waals surface area contributed by atoms with Gasteiger partial charge in [-0.1, -0.05) is 13.0 Å². The summed E-state index contributed by atoms with van der Waals surface area (Å²) in [6.07, 6.45) is 8.41. The fraction of sp³-hybridized carbons (Fsp3) is 0.731. The quantitative estimate of drug-likeness (QED) is 0.515. The molecule has 1 aromatic carbocycles. The number of carbonyl (C=O) groups is 1. The van der Waals surface area contributed by atoms with Gasteiger partial charge in [-0.05, 0) is 85.5 Å². The van der Waals surface area contributed by atoms with Gasteiger partial charge in [0.25, 0.3) is 0 Å². The van der Waals surface area contributed by atoms with E-state index in [-0.39, 0.29) is 17.0 Å². The molecule has 2 bridgehead atoms. The van der Waals surface area contributed by atoms with Crippen LogP contribution in [0.15, 0.2) is 18.2 Å². The zero-order chi connectivity index (χ0) is 21.4. The first-order valence-electron chi connectivity index (χ1n) is 12.0. The highest BCUT2D eigenvalue weighted by molar-refractivity contribution is 8.20. The number of esters is 1. The molecule has 5 heteroatoms. The van der Waals surface area contributed by atoms with Gasteiger partial charge in [-0.25, -0.2) is 0 Å². The minimum absolute atomic E-state index is 0.0693. The van der Waals surface area contributed by atoms with Crippen LogP contribution in [-0.2, 0) is 16.0 Å². The second-order valence-corrected chi connectivity index (χ2v) is 13.5. The molecule has 3 nitrogen and oxygen atoms in total. The molecule has 3 saturated carbocycles. The van der Waals surface area contributed by atoms with E-state index in [1.807, 2.05) is 0 Å². The van der Waals surface area contributed by atoms with E-state index in [1.54, 1.807) is 19.6 Å². The lowest BCUT2D eigenvalue weighted by Gasteiger charge is -2.57. The normalized spacial score (nSPS) is 43.3. The number of rotatable bonds is 3. The summed E-state index contributed by atoms with van der Waals surface area (Å²) in [5, 5.41) is 0. The molecule has 1 saturated heterocycles. The van der Waals surface area contributed by atoms with E-state index < -0.39 is 0 Å². The van der Waals surface area contributed by atoms with Gasteiger partial charge >= 0.3 is 5.97 Å². The van der Waals surface area contributed by atoms with Crippen LogP contribution >= 0.6 is 23.5 Å². The molecule has 0 amide bonds. The van der Waals surface area contributed by atoms with Gasteiger partial charge in [0.15, 0.2) is 0 Å². The summed E-state index contributed by atoms with van der Waals surface area (Å²) in [6.45, 7) is 4.16. The van der Waals surface area contributed by atoms with Gasteiger partial charge in [-0.15, -0.1) is 23.5 Å². The number of methoxy groups -OCH3 is 1. The SMILES string of the molecule is COc1ccc2c(c1)CC[C@@H]1[C@@H]2CC[C@@]2(C)[C@]13CC[C@]2(OC(C)=O)[C@@H](C1SCCS1)C3. The molecule has 168 valence electrons. The minimum atomic E-state index is -0.251. The lowest BCUT2D eigenvalue weighted by atomic mass is 9.48. The average molecular weight is 459 g/mol. The zero-order valence-corrected chi connectivity index (χ0v) is 20.6. The molecule has 5 aliphatic rings. The summed E-state index contributed by atoms with van der Waals surface area (Å²) in [5.41, 5.74) is 3.26. The van der Waals surface area contributed by atoms with Crippen molar-refractivity contribution in [3.05, 3.63) is 29.3 Å². The fourth-order valence-electron chi connectivity index (χ4n) is 8.97. The Hall–Kier alpha value is -0.810. The van der Waals surface area contributed by atoms with Crippen molar-refractivity contribution >= 4 is 29.5 Å². The van der Waals surface area contributed by atoms with Gasteiger partial charge in [-0.3, -0.25) is 4.79 Å². The lowest BCUT2D eigenvalue weighted by Crippen LogP contribution is -2.54. The summed E-state index contributed by atoms with van der Waals surface area (Å²) in [5.74, 6) is 5.27. The maximum Gasteiger partial charge on any atom is 0.303 e. The molecule has 4 fully saturated rings. The van der Waals surface area contributed by atoms with E-state index in [2.05, 4.69) is 48.6 Å². The van der Waals surface area contributed by atoms with Gasteiger partial charge in [0, 0.05) is 29.8 Å². The highest BCUT2D eigenvalue weighted by Crippen LogP contribution is 2.81. The van der Waals surface area contributed by atoms with Crippen LogP contribution in [0.4, 0.5) is 0 Å². The van der Waals surface area contributed by atoms with Crippen molar-refractivity contribution in [1.82, 2.24) is 0 Å². The molecule has 4 aliphatic carbocycles. The molecule has 6 rings (SSSR count). The molecule has 1 aliphatic heterocycles. The highest BCUT2D eigenvalue weighted by atomic mass is 32.2. The number of fused-ring (bicyclic) bond motifs is 3. The maximum absolute atomic E-state index is 12.4. The molecule has 1 aromatic rings. The van der Waals surface area contributed by atoms with Crippen LogP contribution in [0.5, 0.6) is 5.75 Å². The van der Waals surface area contributed by atoms with Crippen molar-refractivity contribution in [2.45, 2.75) is 74.9 Å². The van der Waals surface area contributed by atoms with Crippen LogP contribution in [0.1, 0.15) is 69.4 Å². The molecule has 0 radical (unpaired) electrons. The molecular weight excluding hydrogens is 424 g/mol. The number of hydrogen-bond acceptors (Lipinski definition) is 5.